The van der Waals surface area contributed by atoms with E-state index >= 15 is 0 Å². The van der Waals surface area contributed by atoms with Crippen LogP contribution in [0, 0.1) is 5.82 Å². The number of carboxylic acids is 1. The second-order valence-electron chi connectivity index (χ2n) is 4.82. The summed E-state index contributed by atoms with van der Waals surface area (Å²) in [4.78, 5) is 13.2. The third-order valence-corrected chi connectivity index (χ3v) is 3.22. The van der Waals surface area contributed by atoms with Gasteiger partial charge in [0.05, 0.1) is 5.56 Å². The molecule has 3 nitrogen and oxygen atoms in total. The lowest BCUT2D eigenvalue weighted by Gasteiger charge is -2.21. The molecule has 0 bridgehead atoms. The van der Waals surface area contributed by atoms with Crippen LogP contribution in [0.1, 0.15) is 42.1 Å². The van der Waals surface area contributed by atoms with Crippen molar-refractivity contribution in [1.29, 1.82) is 0 Å². The zero-order valence-electron chi connectivity index (χ0n) is 10.5. The largest absolute Gasteiger partial charge is 0.478 e. The van der Waals surface area contributed by atoms with Gasteiger partial charge in [-0.3, -0.25) is 4.90 Å². The van der Waals surface area contributed by atoms with Crippen LogP contribution in [0.4, 0.5) is 4.39 Å². The standard InChI is InChI=1S/C14H18FNO2/c1-2-7-16(11-4-5-11)9-10-3-6-13(15)12(8-10)14(17)18/h3,6,8,11H,2,4-5,7,9H2,1H3,(H,17,18). The summed E-state index contributed by atoms with van der Waals surface area (Å²) < 4.78 is 13.3. The van der Waals surface area contributed by atoms with Crippen LogP contribution in [0.2, 0.25) is 0 Å². The van der Waals surface area contributed by atoms with Crippen LogP contribution in [0.15, 0.2) is 18.2 Å². The molecule has 0 aromatic heterocycles. The topological polar surface area (TPSA) is 40.5 Å². The molecular weight excluding hydrogens is 233 g/mol. The number of hydrogen-bond acceptors (Lipinski definition) is 2. The molecule has 1 N–H and O–H groups in total. The first-order valence-electron chi connectivity index (χ1n) is 6.37. The maximum Gasteiger partial charge on any atom is 0.338 e. The summed E-state index contributed by atoms with van der Waals surface area (Å²) in [5.74, 6) is -1.87. The Bertz CT molecular complexity index is 443. The van der Waals surface area contributed by atoms with Crippen LogP contribution in [0.3, 0.4) is 0 Å². The Labute approximate surface area is 106 Å². The molecule has 1 aliphatic rings. The average molecular weight is 251 g/mol. The Balaban J connectivity index is 2.12. The fourth-order valence-corrected chi connectivity index (χ4v) is 2.19. The normalized spacial score (nSPS) is 15.1. The summed E-state index contributed by atoms with van der Waals surface area (Å²) in [6.45, 7) is 3.84. The fourth-order valence-electron chi connectivity index (χ4n) is 2.19. The summed E-state index contributed by atoms with van der Waals surface area (Å²) >= 11 is 0. The van der Waals surface area contributed by atoms with Crippen molar-refractivity contribution in [1.82, 2.24) is 4.90 Å². The molecule has 18 heavy (non-hydrogen) atoms. The van der Waals surface area contributed by atoms with E-state index in [1.54, 1.807) is 6.07 Å². The van der Waals surface area contributed by atoms with Gasteiger partial charge in [-0.25, -0.2) is 9.18 Å². The van der Waals surface area contributed by atoms with Crippen molar-refractivity contribution < 1.29 is 14.3 Å². The number of aromatic carboxylic acids is 1. The van der Waals surface area contributed by atoms with Crippen molar-refractivity contribution in [2.75, 3.05) is 6.54 Å². The van der Waals surface area contributed by atoms with Gasteiger partial charge in [-0.05, 0) is 43.5 Å². The molecule has 0 amide bonds. The van der Waals surface area contributed by atoms with E-state index in [0.29, 0.717) is 12.6 Å². The monoisotopic (exact) mass is 251 g/mol. The zero-order chi connectivity index (χ0) is 13.1. The van der Waals surface area contributed by atoms with Gasteiger partial charge < -0.3 is 5.11 Å². The number of carbonyl (C=O) groups is 1. The van der Waals surface area contributed by atoms with Crippen LogP contribution in [-0.4, -0.2) is 28.6 Å². The second kappa shape index (κ2) is 5.48. The molecule has 4 heteroatoms. The Hall–Kier alpha value is -1.42. The van der Waals surface area contributed by atoms with Crippen molar-refractivity contribution >= 4 is 5.97 Å². The average Bonchev–Trinajstić information content (AvgIpc) is 3.14. The number of hydrogen-bond donors (Lipinski definition) is 1. The number of halogens is 1. The van der Waals surface area contributed by atoms with Crippen molar-refractivity contribution in [3.05, 3.63) is 35.1 Å². The molecule has 2 rings (SSSR count). The van der Waals surface area contributed by atoms with E-state index in [4.69, 9.17) is 5.11 Å². The first-order chi connectivity index (χ1) is 8.61. The smallest absolute Gasteiger partial charge is 0.338 e. The molecule has 0 aliphatic heterocycles. The number of benzene rings is 1. The molecule has 0 atom stereocenters. The van der Waals surface area contributed by atoms with Crippen molar-refractivity contribution in [2.45, 2.75) is 38.8 Å². The van der Waals surface area contributed by atoms with E-state index in [2.05, 4.69) is 11.8 Å². The lowest BCUT2D eigenvalue weighted by Crippen LogP contribution is -2.26. The van der Waals surface area contributed by atoms with Gasteiger partial charge in [-0.15, -0.1) is 0 Å². The maximum atomic E-state index is 13.3. The quantitative estimate of drug-likeness (QED) is 0.845. The van der Waals surface area contributed by atoms with Gasteiger partial charge in [0, 0.05) is 12.6 Å². The highest BCUT2D eigenvalue weighted by Gasteiger charge is 2.28. The summed E-state index contributed by atoms with van der Waals surface area (Å²) in [6, 6.07) is 4.99. The maximum absolute atomic E-state index is 13.3. The molecule has 0 saturated heterocycles. The second-order valence-corrected chi connectivity index (χ2v) is 4.82. The molecule has 1 aromatic carbocycles. The molecule has 0 heterocycles. The number of nitrogens with zero attached hydrogens (tertiary/aromatic N) is 1. The van der Waals surface area contributed by atoms with Crippen LogP contribution in [0.25, 0.3) is 0 Å². The van der Waals surface area contributed by atoms with Gasteiger partial charge in [0.15, 0.2) is 0 Å². The van der Waals surface area contributed by atoms with Gasteiger partial charge >= 0.3 is 5.97 Å². The lowest BCUT2D eigenvalue weighted by atomic mass is 10.1. The minimum absolute atomic E-state index is 0.236. The van der Waals surface area contributed by atoms with Crippen LogP contribution >= 0.6 is 0 Å². The van der Waals surface area contributed by atoms with Crippen molar-refractivity contribution in [2.24, 2.45) is 0 Å². The molecule has 98 valence electrons. The molecule has 0 spiro atoms. The first kappa shape index (κ1) is 13.0. The van der Waals surface area contributed by atoms with E-state index in [0.717, 1.165) is 18.5 Å². The van der Waals surface area contributed by atoms with Gasteiger partial charge in [0.25, 0.3) is 0 Å². The van der Waals surface area contributed by atoms with Gasteiger partial charge in [0.2, 0.25) is 0 Å². The Morgan fingerprint density at radius 2 is 2.22 bits per heavy atom. The summed E-state index contributed by atoms with van der Waals surface area (Å²) in [6.07, 6.45) is 3.50. The SMILES string of the molecule is CCCN(Cc1ccc(F)c(C(=O)O)c1)C1CC1. The predicted molar refractivity (Wildman–Crippen MR) is 67.1 cm³/mol. The Kier molecular flexibility index (Phi) is 3.97. The first-order valence-corrected chi connectivity index (χ1v) is 6.37. The van der Waals surface area contributed by atoms with E-state index in [1.165, 1.54) is 25.0 Å². The Morgan fingerprint density at radius 1 is 1.50 bits per heavy atom. The van der Waals surface area contributed by atoms with Crippen LogP contribution < -0.4 is 0 Å². The third kappa shape index (κ3) is 3.07. The van der Waals surface area contributed by atoms with Gasteiger partial charge in [-0.1, -0.05) is 13.0 Å². The lowest BCUT2D eigenvalue weighted by molar-refractivity contribution is 0.0691. The minimum atomic E-state index is -1.21. The Morgan fingerprint density at radius 3 is 2.78 bits per heavy atom. The van der Waals surface area contributed by atoms with E-state index in [-0.39, 0.29) is 5.56 Å². The highest BCUT2D eigenvalue weighted by atomic mass is 19.1. The molecule has 1 saturated carbocycles. The van der Waals surface area contributed by atoms with Gasteiger partial charge in [-0.2, -0.15) is 0 Å². The third-order valence-electron chi connectivity index (χ3n) is 3.22. The summed E-state index contributed by atoms with van der Waals surface area (Å²) in [5, 5.41) is 8.90. The molecule has 1 fully saturated rings. The van der Waals surface area contributed by atoms with Crippen LogP contribution in [0.5, 0.6) is 0 Å². The minimum Gasteiger partial charge on any atom is -0.478 e. The summed E-state index contributed by atoms with van der Waals surface area (Å²) in [5.41, 5.74) is 0.633. The molecule has 1 aromatic rings. The van der Waals surface area contributed by atoms with E-state index in [9.17, 15) is 9.18 Å². The van der Waals surface area contributed by atoms with E-state index in [1.807, 2.05) is 0 Å². The zero-order valence-corrected chi connectivity index (χ0v) is 10.5. The highest BCUT2D eigenvalue weighted by Crippen LogP contribution is 2.28. The highest BCUT2D eigenvalue weighted by molar-refractivity contribution is 5.88. The van der Waals surface area contributed by atoms with Crippen molar-refractivity contribution in [3.63, 3.8) is 0 Å². The molecular formula is C14H18FNO2. The van der Waals surface area contributed by atoms with E-state index < -0.39 is 11.8 Å². The van der Waals surface area contributed by atoms with Crippen LogP contribution in [-0.2, 0) is 6.54 Å². The predicted octanol–water partition coefficient (Wildman–Crippen LogP) is 2.90. The summed E-state index contributed by atoms with van der Waals surface area (Å²) in [7, 11) is 0. The number of carboxylic acid groups (broad SMARTS) is 1. The van der Waals surface area contributed by atoms with Gasteiger partial charge in [0.1, 0.15) is 5.82 Å². The van der Waals surface area contributed by atoms with Crippen molar-refractivity contribution in [3.8, 4) is 0 Å². The number of rotatable bonds is 6. The molecule has 1 aliphatic carbocycles. The molecule has 0 unspecified atom stereocenters. The molecule has 0 radical (unpaired) electrons. The fraction of sp³-hybridized carbons (Fsp3) is 0.500.